The number of allylic oxidation sites excluding steroid dienone is 1. The number of fused-ring (bicyclic) bond motifs is 1. The number of halogens is 1. The number of oxazole rings is 1. The summed E-state index contributed by atoms with van der Waals surface area (Å²) in [5, 5.41) is 10.9. The molecule has 28 heavy (non-hydrogen) atoms. The SMILES string of the molecule is Cc1ccc2nc(-c3cc(N=C/C=C/c4ccc(Cl)cc4)ccc3O)oc2c1. The Kier molecular flexibility index (Phi) is 4.96. The number of hydrogen-bond acceptors (Lipinski definition) is 4. The zero-order valence-electron chi connectivity index (χ0n) is 15.1. The summed E-state index contributed by atoms with van der Waals surface area (Å²) in [6, 6.07) is 18.4. The van der Waals surface area contributed by atoms with Crippen LogP contribution in [0.1, 0.15) is 11.1 Å². The second-order valence-corrected chi connectivity index (χ2v) is 6.82. The molecule has 0 saturated heterocycles. The fourth-order valence-corrected chi connectivity index (χ4v) is 2.91. The summed E-state index contributed by atoms with van der Waals surface area (Å²) in [5.74, 6) is 0.464. The maximum absolute atomic E-state index is 10.2. The molecule has 0 bridgehead atoms. The van der Waals surface area contributed by atoms with Crippen LogP contribution in [-0.4, -0.2) is 16.3 Å². The number of rotatable bonds is 4. The number of aromatic hydroxyl groups is 1. The van der Waals surface area contributed by atoms with Gasteiger partial charge in [-0.1, -0.05) is 35.9 Å². The Morgan fingerprint density at radius 3 is 2.68 bits per heavy atom. The molecule has 0 spiro atoms. The fraction of sp³-hybridized carbons (Fsp3) is 0.0435. The van der Waals surface area contributed by atoms with Gasteiger partial charge in [0.1, 0.15) is 11.3 Å². The molecular weight excluding hydrogens is 372 g/mol. The molecule has 138 valence electrons. The molecule has 4 nitrogen and oxygen atoms in total. The van der Waals surface area contributed by atoms with E-state index in [1.165, 1.54) is 0 Å². The molecule has 1 N–H and O–H groups in total. The van der Waals surface area contributed by atoms with E-state index in [-0.39, 0.29) is 5.75 Å². The monoisotopic (exact) mass is 388 g/mol. The van der Waals surface area contributed by atoms with E-state index in [4.69, 9.17) is 16.0 Å². The van der Waals surface area contributed by atoms with Gasteiger partial charge in [-0.3, -0.25) is 4.99 Å². The van der Waals surface area contributed by atoms with Gasteiger partial charge in [0.25, 0.3) is 0 Å². The van der Waals surface area contributed by atoms with Gasteiger partial charge in [0.05, 0.1) is 11.3 Å². The van der Waals surface area contributed by atoms with Crippen molar-refractivity contribution in [1.29, 1.82) is 0 Å². The van der Waals surface area contributed by atoms with Crippen molar-refractivity contribution >= 4 is 40.7 Å². The van der Waals surface area contributed by atoms with Crippen LogP contribution in [-0.2, 0) is 0 Å². The quantitative estimate of drug-likeness (QED) is 0.402. The van der Waals surface area contributed by atoms with Crippen LogP contribution in [0.2, 0.25) is 5.02 Å². The minimum absolute atomic E-state index is 0.0962. The average Bonchev–Trinajstić information content (AvgIpc) is 3.10. The van der Waals surface area contributed by atoms with E-state index in [2.05, 4.69) is 9.98 Å². The van der Waals surface area contributed by atoms with Crippen LogP contribution in [0, 0.1) is 6.92 Å². The van der Waals surface area contributed by atoms with Crippen molar-refractivity contribution in [2.75, 3.05) is 0 Å². The normalized spacial score (nSPS) is 11.8. The zero-order valence-corrected chi connectivity index (χ0v) is 15.9. The molecular formula is C23H17ClN2O2. The van der Waals surface area contributed by atoms with Crippen LogP contribution < -0.4 is 0 Å². The Morgan fingerprint density at radius 2 is 1.86 bits per heavy atom. The number of hydrogen-bond donors (Lipinski definition) is 1. The highest BCUT2D eigenvalue weighted by Gasteiger charge is 2.13. The van der Waals surface area contributed by atoms with Crippen LogP contribution in [0.15, 0.2) is 76.1 Å². The predicted molar refractivity (Wildman–Crippen MR) is 114 cm³/mol. The lowest BCUT2D eigenvalue weighted by Gasteiger charge is -2.01. The molecule has 4 aromatic rings. The van der Waals surface area contributed by atoms with Crippen molar-refractivity contribution in [3.05, 3.63) is 82.9 Å². The van der Waals surface area contributed by atoms with Gasteiger partial charge in [0.2, 0.25) is 5.89 Å². The molecule has 0 unspecified atom stereocenters. The number of nitrogens with zero attached hydrogens (tertiary/aromatic N) is 2. The van der Waals surface area contributed by atoms with E-state index in [9.17, 15) is 5.11 Å². The summed E-state index contributed by atoms with van der Waals surface area (Å²) in [6.07, 6.45) is 5.47. The summed E-state index contributed by atoms with van der Waals surface area (Å²) >= 11 is 5.88. The Hall–Kier alpha value is -3.37. The lowest BCUT2D eigenvalue weighted by molar-refractivity contribution is 0.474. The van der Waals surface area contributed by atoms with Crippen molar-refractivity contribution in [3.8, 4) is 17.2 Å². The van der Waals surface area contributed by atoms with Gasteiger partial charge in [0, 0.05) is 11.2 Å². The number of phenols is 1. The van der Waals surface area contributed by atoms with Crippen LogP contribution in [0.3, 0.4) is 0 Å². The van der Waals surface area contributed by atoms with Crippen LogP contribution in [0.25, 0.3) is 28.6 Å². The summed E-state index contributed by atoms with van der Waals surface area (Å²) in [6.45, 7) is 1.99. The first-order valence-corrected chi connectivity index (χ1v) is 9.13. The van der Waals surface area contributed by atoms with Crippen LogP contribution in [0.4, 0.5) is 5.69 Å². The highest BCUT2D eigenvalue weighted by atomic mass is 35.5. The molecule has 0 radical (unpaired) electrons. The molecule has 4 rings (SSSR count). The lowest BCUT2D eigenvalue weighted by Crippen LogP contribution is -1.79. The van der Waals surface area contributed by atoms with E-state index in [1.807, 2.05) is 61.5 Å². The highest BCUT2D eigenvalue weighted by Crippen LogP contribution is 2.34. The van der Waals surface area contributed by atoms with Gasteiger partial charge >= 0.3 is 0 Å². The number of aromatic nitrogens is 1. The Balaban J connectivity index is 1.58. The van der Waals surface area contributed by atoms with Crippen molar-refractivity contribution in [1.82, 2.24) is 4.98 Å². The molecule has 0 aliphatic carbocycles. The maximum Gasteiger partial charge on any atom is 0.231 e. The van der Waals surface area contributed by atoms with Gasteiger partial charge in [-0.25, -0.2) is 4.98 Å². The second kappa shape index (κ2) is 7.71. The zero-order chi connectivity index (χ0) is 19.5. The Labute approximate surface area is 167 Å². The summed E-state index contributed by atoms with van der Waals surface area (Å²) in [7, 11) is 0. The highest BCUT2D eigenvalue weighted by molar-refractivity contribution is 6.30. The van der Waals surface area contributed by atoms with Gasteiger partial charge in [-0.2, -0.15) is 0 Å². The largest absolute Gasteiger partial charge is 0.507 e. The average molecular weight is 389 g/mol. The minimum atomic E-state index is 0.0962. The fourth-order valence-electron chi connectivity index (χ4n) is 2.78. The Morgan fingerprint density at radius 1 is 1.04 bits per heavy atom. The summed E-state index contributed by atoms with van der Waals surface area (Å²) in [4.78, 5) is 8.88. The van der Waals surface area contributed by atoms with Crippen molar-refractivity contribution in [3.63, 3.8) is 0 Å². The van der Waals surface area contributed by atoms with E-state index >= 15 is 0 Å². The molecule has 5 heteroatoms. The number of aliphatic imine (C=N–C) groups is 1. The van der Waals surface area contributed by atoms with Gasteiger partial charge in [-0.05, 0) is 66.6 Å². The van der Waals surface area contributed by atoms with Gasteiger partial charge < -0.3 is 9.52 Å². The van der Waals surface area contributed by atoms with Crippen molar-refractivity contribution in [2.45, 2.75) is 6.92 Å². The van der Waals surface area contributed by atoms with Crippen molar-refractivity contribution in [2.24, 2.45) is 4.99 Å². The Bertz CT molecular complexity index is 1190. The molecule has 0 amide bonds. The lowest BCUT2D eigenvalue weighted by atomic mass is 10.2. The van der Waals surface area contributed by atoms with Gasteiger partial charge in [0.15, 0.2) is 5.58 Å². The number of aryl methyl sites for hydroxylation is 1. The first-order chi connectivity index (χ1) is 13.6. The molecule has 0 aliphatic rings. The minimum Gasteiger partial charge on any atom is -0.507 e. The summed E-state index contributed by atoms with van der Waals surface area (Å²) in [5.41, 5.74) is 4.75. The molecule has 3 aromatic carbocycles. The topological polar surface area (TPSA) is 58.6 Å². The summed E-state index contributed by atoms with van der Waals surface area (Å²) < 4.78 is 5.82. The molecule has 0 aliphatic heterocycles. The third-order valence-corrected chi connectivity index (χ3v) is 4.47. The molecule has 0 saturated carbocycles. The molecule has 1 heterocycles. The van der Waals surface area contributed by atoms with Crippen LogP contribution in [0.5, 0.6) is 5.75 Å². The van der Waals surface area contributed by atoms with E-state index in [0.29, 0.717) is 27.7 Å². The predicted octanol–water partition coefficient (Wildman–Crippen LogP) is 6.58. The third kappa shape index (κ3) is 3.97. The first kappa shape index (κ1) is 18.0. The number of phenolic OH excluding ortho intramolecular Hbond substituents is 1. The van der Waals surface area contributed by atoms with Gasteiger partial charge in [-0.15, -0.1) is 0 Å². The van der Waals surface area contributed by atoms with Crippen LogP contribution >= 0.6 is 11.6 Å². The van der Waals surface area contributed by atoms with Crippen molar-refractivity contribution < 1.29 is 9.52 Å². The number of benzene rings is 3. The molecule has 0 fully saturated rings. The standard InChI is InChI=1S/C23H17ClN2O2/c1-15-4-10-20-22(13-15)28-23(26-20)19-14-18(9-11-21(19)27)25-12-2-3-16-5-7-17(24)8-6-16/h2-14,27H,1H3/b3-2+,25-12?. The second-order valence-electron chi connectivity index (χ2n) is 6.38. The van der Waals surface area contributed by atoms with E-state index in [1.54, 1.807) is 24.4 Å². The first-order valence-electron chi connectivity index (χ1n) is 8.75. The molecule has 0 atom stereocenters. The third-order valence-electron chi connectivity index (χ3n) is 4.22. The van der Waals surface area contributed by atoms with E-state index < -0.39 is 0 Å². The molecule has 1 aromatic heterocycles. The smallest absolute Gasteiger partial charge is 0.231 e. The van der Waals surface area contributed by atoms with E-state index in [0.717, 1.165) is 16.6 Å². The maximum atomic E-state index is 10.2.